The van der Waals surface area contributed by atoms with Crippen LogP contribution in [0.2, 0.25) is 0 Å². The van der Waals surface area contributed by atoms with Gasteiger partial charge in [-0.05, 0) is 0 Å². The topological polar surface area (TPSA) is 152 Å². The summed E-state index contributed by atoms with van der Waals surface area (Å²) in [6.07, 6.45) is -1.90. The van der Waals surface area contributed by atoms with Crippen molar-refractivity contribution < 1.29 is 33.3 Å². The van der Waals surface area contributed by atoms with Crippen molar-refractivity contribution in [2.75, 3.05) is 6.61 Å². The van der Waals surface area contributed by atoms with Crippen LogP contribution in [0.5, 0.6) is 0 Å². The third kappa shape index (κ3) is 3.86. The van der Waals surface area contributed by atoms with Gasteiger partial charge in [0, 0.05) is 20.8 Å². The van der Waals surface area contributed by atoms with Gasteiger partial charge in [0.05, 0.1) is 6.33 Å². The Morgan fingerprint density at radius 2 is 1.79 bits per heavy atom. The predicted molar refractivity (Wildman–Crippen MR) is 89.8 cm³/mol. The lowest BCUT2D eigenvalue weighted by Gasteiger charge is -2.23. The van der Waals surface area contributed by atoms with E-state index in [1.54, 1.807) is 0 Å². The fourth-order valence-corrected chi connectivity index (χ4v) is 2.94. The zero-order chi connectivity index (χ0) is 20.4. The third-order valence-corrected chi connectivity index (χ3v) is 3.99. The third-order valence-electron chi connectivity index (χ3n) is 3.99. The van der Waals surface area contributed by atoms with Crippen molar-refractivity contribution in [3.63, 3.8) is 0 Å². The van der Waals surface area contributed by atoms with Crippen LogP contribution < -0.4 is 5.56 Å². The minimum atomic E-state index is -1.17. The number of nitrogens with zero attached hydrogens (tertiary/aromatic N) is 3. The number of rotatable bonds is 5. The Morgan fingerprint density at radius 1 is 1.11 bits per heavy atom. The Hall–Kier alpha value is -3.28. The van der Waals surface area contributed by atoms with E-state index in [4.69, 9.17) is 18.9 Å². The van der Waals surface area contributed by atoms with Crippen molar-refractivity contribution in [1.82, 2.24) is 19.5 Å². The Balaban J connectivity index is 2.01. The molecular formula is C16H18N4O8. The first-order valence-electron chi connectivity index (χ1n) is 8.31. The second-order valence-electron chi connectivity index (χ2n) is 6.07. The molecule has 4 atom stereocenters. The number of aromatic nitrogens is 4. The molecule has 1 aliphatic heterocycles. The fraction of sp³-hybridized carbons (Fsp3) is 0.500. The van der Waals surface area contributed by atoms with Gasteiger partial charge in [-0.1, -0.05) is 0 Å². The molecule has 12 heteroatoms. The summed E-state index contributed by atoms with van der Waals surface area (Å²) >= 11 is 0. The molecule has 1 N–H and O–H groups in total. The summed E-state index contributed by atoms with van der Waals surface area (Å²) in [7, 11) is 0. The van der Waals surface area contributed by atoms with Gasteiger partial charge >= 0.3 is 17.9 Å². The van der Waals surface area contributed by atoms with Gasteiger partial charge in [0.1, 0.15) is 19.0 Å². The number of H-pyrrole nitrogens is 1. The summed E-state index contributed by atoms with van der Waals surface area (Å²) in [5.74, 6) is -1.91. The van der Waals surface area contributed by atoms with Crippen LogP contribution in [-0.2, 0) is 33.3 Å². The van der Waals surface area contributed by atoms with Gasteiger partial charge in [-0.2, -0.15) is 0 Å². The average molecular weight is 394 g/mol. The minimum absolute atomic E-state index is 0.125. The van der Waals surface area contributed by atoms with Crippen molar-refractivity contribution in [2.24, 2.45) is 0 Å². The molecule has 0 aliphatic carbocycles. The molecule has 1 fully saturated rings. The normalized spacial score (nSPS) is 24.1. The largest absolute Gasteiger partial charge is 0.463 e. The van der Waals surface area contributed by atoms with Gasteiger partial charge in [0.2, 0.25) is 0 Å². The maximum absolute atomic E-state index is 12.7. The first-order valence-corrected chi connectivity index (χ1v) is 8.31. The lowest BCUT2D eigenvalue weighted by molar-refractivity contribution is -0.166. The number of carbonyl (C=O) groups excluding carboxylic acids is 3. The Kier molecular flexibility index (Phi) is 5.40. The molecular weight excluding hydrogens is 376 g/mol. The SMILES string of the molecule is CC(=O)OC[C@H]1O[C@@H](n2cnc3nc[nH]c3c2=O)[C@H](OC(C)=O)[C@@H]1OC(C)=O. The molecule has 12 nitrogen and oxygen atoms in total. The molecule has 2 aromatic heterocycles. The van der Waals surface area contributed by atoms with Crippen LogP contribution in [0.15, 0.2) is 17.4 Å². The van der Waals surface area contributed by atoms with E-state index in [0.29, 0.717) is 0 Å². The molecule has 0 radical (unpaired) electrons. The first kappa shape index (κ1) is 19.5. The molecule has 0 saturated carbocycles. The number of fused-ring (bicyclic) bond motifs is 1. The Bertz CT molecular complexity index is 967. The van der Waals surface area contributed by atoms with Crippen molar-refractivity contribution in [1.29, 1.82) is 0 Å². The highest BCUT2D eigenvalue weighted by Crippen LogP contribution is 2.33. The standard InChI is InChI=1S/C16H18N4O8/c1-7(21)25-4-10-12(26-8(2)22)13(27-9(3)23)16(28-10)20-6-19-14-11(15(20)24)17-5-18-14/h5-6,10,12-13,16H,4H2,1-3H3,(H,17,18)/t10-,12-,13-,16-/m1/s1. The second-order valence-corrected chi connectivity index (χ2v) is 6.07. The van der Waals surface area contributed by atoms with E-state index in [2.05, 4.69) is 15.0 Å². The van der Waals surface area contributed by atoms with Gasteiger partial charge < -0.3 is 23.9 Å². The molecule has 1 aliphatic rings. The van der Waals surface area contributed by atoms with Crippen LogP contribution in [0.4, 0.5) is 0 Å². The highest BCUT2D eigenvalue weighted by atomic mass is 16.7. The van der Waals surface area contributed by atoms with Gasteiger partial charge in [-0.15, -0.1) is 0 Å². The lowest BCUT2D eigenvalue weighted by Crippen LogP contribution is -2.41. The molecule has 0 unspecified atom stereocenters. The summed E-state index contributed by atoms with van der Waals surface area (Å²) < 4.78 is 22.4. The average Bonchev–Trinajstić information content (AvgIpc) is 3.19. The van der Waals surface area contributed by atoms with E-state index in [0.717, 1.165) is 4.57 Å². The summed E-state index contributed by atoms with van der Waals surface area (Å²) in [5.41, 5.74) is -0.198. The number of nitrogens with one attached hydrogen (secondary N) is 1. The Labute approximate surface area is 157 Å². The van der Waals surface area contributed by atoms with Gasteiger partial charge in [-0.3, -0.25) is 23.7 Å². The van der Waals surface area contributed by atoms with Crippen LogP contribution in [-0.4, -0.2) is 62.3 Å². The van der Waals surface area contributed by atoms with Crippen molar-refractivity contribution in [3.05, 3.63) is 23.0 Å². The van der Waals surface area contributed by atoms with Crippen LogP contribution in [0, 0.1) is 0 Å². The van der Waals surface area contributed by atoms with E-state index in [9.17, 15) is 19.2 Å². The summed E-state index contributed by atoms with van der Waals surface area (Å²) in [6.45, 7) is 3.28. The quantitative estimate of drug-likeness (QED) is 0.516. The van der Waals surface area contributed by atoms with E-state index < -0.39 is 48.0 Å². The summed E-state index contributed by atoms with van der Waals surface area (Å²) in [5, 5.41) is 0. The number of ether oxygens (including phenoxy) is 4. The molecule has 150 valence electrons. The maximum atomic E-state index is 12.7. The van der Waals surface area contributed by atoms with Crippen molar-refractivity contribution in [2.45, 2.75) is 45.3 Å². The molecule has 0 aromatic carbocycles. The summed E-state index contributed by atoms with van der Waals surface area (Å²) in [4.78, 5) is 57.7. The molecule has 3 rings (SSSR count). The van der Waals surface area contributed by atoms with Gasteiger partial charge in [0.15, 0.2) is 29.6 Å². The first-order chi connectivity index (χ1) is 13.3. The molecule has 28 heavy (non-hydrogen) atoms. The van der Waals surface area contributed by atoms with E-state index in [1.165, 1.54) is 33.4 Å². The van der Waals surface area contributed by atoms with E-state index >= 15 is 0 Å². The van der Waals surface area contributed by atoms with E-state index in [-0.39, 0.29) is 17.8 Å². The molecule has 1 saturated heterocycles. The molecule has 0 bridgehead atoms. The van der Waals surface area contributed by atoms with Crippen LogP contribution in [0.3, 0.4) is 0 Å². The number of hydrogen-bond acceptors (Lipinski definition) is 10. The number of hydrogen-bond donors (Lipinski definition) is 1. The number of esters is 3. The van der Waals surface area contributed by atoms with Gasteiger partial charge in [0.25, 0.3) is 5.56 Å². The van der Waals surface area contributed by atoms with Crippen LogP contribution >= 0.6 is 0 Å². The van der Waals surface area contributed by atoms with Crippen molar-refractivity contribution in [3.8, 4) is 0 Å². The number of imidazole rings is 1. The highest BCUT2D eigenvalue weighted by Gasteiger charge is 2.51. The summed E-state index contributed by atoms with van der Waals surface area (Å²) in [6, 6.07) is 0. The number of aromatic amines is 1. The second kappa shape index (κ2) is 7.76. The zero-order valence-electron chi connectivity index (χ0n) is 15.3. The lowest BCUT2D eigenvalue weighted by atomic mass is 10.1. The predicted octanol–water partition coefficient (Wildman–Crippen LogP) is -0.556. The number of carbonyl (C=O) groups is 3. The van der Waals surface area contributed by atoms with Crippen LogP contribution in [0.1, 0.15) is 27.0 Å². The smallest absolute Gasteiger partial charge is 0.303 e. The zero-order valence-corrected chi connectivity index (χ0v) is 15.3. The minimum Gasteiger partial charge on any atom is -0.463 e. The van der Waals surface area contributed by atoms with Gasteiger partial charge in [-0.25, -0.2) is 9.97 Å². The highest BCUT2D eigenvalue weighted by molar-refractivity contribution is 5.68. The Morgan fingerprint density at radius 3 is 2.43 bits per heavy atom. The van der Waals surface area contributed by atoms with Crippen LogP contribution in [0.25, 0.3) is 11.2 Å². The molecule has 0 spiro atoms. The van der Waals surface area contributed by atoms with Crippen molar-refractivity contribution >= 4 is 29.1 Å². The maximum Gasteiger partial charge on any atom is 0.303 e. The molecule has 3 heterocycles. The monoisotopic (exact) mass is 394 g/mol. The fourth-order valence-electron chi connectivity index (χ4n) is 2.94. The van der Waals surface area contributed by atoms with E-state index in [1.807, 2.05) is 0 Å². The molecule has 0 amide bonds. The molecule has 2 aromatic rings.